The average molecular weight is 247 g/mol. The summed E-state index contributed by atoms with van der Waals surface area (Å²) in [6.45, 7) is 0.313. The highest BCUT2D eigenvalue weighted by Gasteiger charge is 2.23. The molecule has 96 valence electrons. The van der Waals surface area contributed by atoms with Crippen molar-refractivity contribution in [3.63, 3.8) is 0 Å². The molecule has 0 unspecified atom stereocenters. The van der Waals surface area contributed by atoms with Gasteiger partial charge in [0.15, 0.2) is 0 Å². The van der Waals surface area contributed by atoms with Gasteiger partial charge in [-0.3, -0.25) is 9.59 Å². The molecular formula is C13H17N3O2. The van der Waals surface area contributed by atoms with Crippen LogP contribution in [-0.2, 0) is 4.79 Å². The molecule has 0 saturated heterocycles. The van der Waals surface area contributed by atoms with E-state index in [1.165, 1.54) is 0 Å². The van der Waals surface area contributed by atoms with Crippen LogP contribution in [0.1, 0.15) is 29.6 Å². The zero-order valence-electron chi connectivity index (χ0n) is 10.1. The molecule has 1 fully saturated rings. The molecule has 2 rings (SSSR count). The van der Waals surface area contributed by atoms with Crippen molar-refractivity contribution in [3.8, 4) is 0 Å². The van der Waals surface area contributed by atoms with E-state index in [0.29, 0.717) is 23.8 Å². The average Bonchev–Trinajstić information content (AvgIpc) is 3.13. The van der Waals surface area contributed by atoms with Gasteiger partial charge in [0.25, 0.3) is 5.91 Å². The quantitative estimate of drug-likeness (QED) is 0.721. The Bertz CT molecular complexity index is 455. The van der Waals surface area contributed by atoms with E-state index in [2.05, 4.69) is 10.6 Å². The molecule has 0 aromatic heterocycles. The maximum atomic E-state index is 11.8. The summed E-state index contributed by atoms with van der Waals surface area (Å²) in [5.41, 5.74) is 6.48. The molecule has 4 N–H and O–H groups in total. The van der Waals surface area contributed by atoms with Crippen LogP contribution in [0.2, 0.25) is 0 Å². The molecule has 0 spiro atoms. The number of rotatable bonds is 5. The van der Waals surface area contributed by atoms with Crippen molar-refractivity contribution < 1.29 is 9.59 Å². The van der Waals surface area contributed by atoms with Crippen molar-refractivity contribution in [1.82, 2.24) is 5.32 Å². The number of hydrogen-bond acceptors (Lipinski definition) is 3. The van der Waals surface area contributed by atoms with Crippen molar-refractivity contribution >= 4 is 17.5 Å². The van der Waals surface area contributed by atoms with Crippen molar-refractivity contribution in [2.45, 2.75) is 25.3 Å². The molecule has 1 saturated carbocycles. The first kappa shape index (κ1) is 12.6. The second-order valence-electron chi connectivity index (χ2n) is 4.42. The summed E-state index contributed by atoms with van der Waals surface area (Å²) in [4.78, 5) is 23.2. The lowest BCUT2D eigenvalue weighted by Crippen LogP contribution is -2.25. The Labute approximate surface area is 106 Å². The number of carbonyl (C=O) groups excluding carboxylic acids is 2. The molecule has 1 aliphatic carbocycles. The van der Waals surface area contributed by atoms with Gasteiger partial charge in [-0.1, -0.05) is 6.07 Å². The van der Waals surface area contributed by atoms with Gasteiger partial charge in [0.2, 0.25) is 5.91 Å². The predicted molar refractivity (Wildman–Crippen MR) is 69.2 cm³/mol. The van der Waals surface area contributed by atoms with Crippen molar-refractivity contribution in [1.29, 1.82) is 0 Å². The predicted octanol–water partition coefficient (Wildman–Crippen LogP) is 0.866. The Hall–Kier alpha value is -1.88. The summed E-state index contributed by atoms with van der Waals surface area (Å²) in [7, 11) is 0. The Morgan fingerprint density at radius 2 is 2.11 bits per heavy atom. The fraction of sp³-hybridized carbons (Fsp3) is 0.385. The van der Waals surface area contributed by atoms with E-state index in [1.807, 2.05) is 0 Å². The number of hydrogen-bond donors (Lipinski definition) is 3. The smallest absolute Gasteiger partial charge is 0.251 e. The van der Waals surface area contributed by atoms with Crippen molar-refractivity contribution in [2.24, 2.45) is 5.73 Å². The van der Waals surface area contributed by atoms with Gasteiger partial charge in [-0.05, 0) is 31.0 Å². The van der Waals surface area contributed by atoms with Gasteiger partial charge in [-0.25, -0.2) is 0 Å². The molecule has 1 aromatic carbocycles. The minimum atomic E-state index is -0.141. The summed E-state index contributed by atoms with van der Waals surface area (Å²) in [5, 5.41) is 5.61. The molecule has 0 atom stereocenters. The summed E-state index contributed by atoms with van der Waals surface area (Å²) in [6, 6.07) is 7.23. The van der Waals surface area contributed by atoms with E-state index in [1.54, 1.807) is 24.3 Å². The van der Waals surface area contributed by atoms with Gasteiger partial charge in [0.1, 0.15) is 0 Å². The Kier molecular flexibility index (Phi) is 3.94. The normalized spacial score (nSPS) is 14.1. The highest BCUT2D eigenvalue weighted by atomic mass is 16.2. The van der Waals surface area contributed by atoms with Crippen LogP contribution in [-0.4, -0.2) is 24.4 Å². The molecule has 0 bridgehead atoms. The van der Waals surface area contributed by atoms with Crippen LogP contribution in [0.25, 0.3) is 0 Å². The first-order chi connectivity index (χ1) is 8.69. The molecular weight excluding hydrogens is 230 g/mol. The molecule has 0 aliphatic heterocycles. The van der Waals surface area contributed by atoms with Crippen molar-refractivity contribution in [3.05, 3.63) is 29.8 Å². The maximum absolute atomic E-state index is 11.8. The van der Waals surface area contributed by atoms with Gasteiger partial charge < -0.3 is 16.4 Å². The summed E-state index contributed by atoms with van der Waals surface area (Å²) in [5.74, 6) is -0.232. The minimum absolute atomic E-state index is 0.0903. The molecule has 1 aliphatic rings. The van der Waals surface area contributed by atoms with E-state index in [-0.39, 0.29) is 18.2 Å². The second-order valence-corrected chi connectivity index (χ2v) is 4.42. The van der Waals surface area contributed by atoms with Crippen LogP contribution >= 0.6 is 0 Å². The lowest BCUT2D eigenvalue weighted by Gasteiger charge is -2.07. The number of benzene rings is 1. The molecule has 1 aromatic rings. The van der Waals surface area contributed by atoms with Gasteiger partial charge >= 0.3 is 0 Å². The SMILES string of the molecule is NCCC(=O)Nc1cccc(C(=O)NC2CC2)c1. The largest absolute Gasteiger partial charge is 0.349 e. The third-order valence-electron chi connectivity index (χ3n) is 2.69. The molecule has 5 nitrogen and oxygen atoms in total. The number of nitrogens with one attached hydrogen (secondary N) is 2. The monoisotopic (exact) mass is 247 g/mol. The van der Waals surface area contributed by atoms with Gasteiger partial charge in [-0.15, -0.1) is 0 Å². The van der Waals surface area contributed by atoms with E-state index in [9.17, 15) is 9.59 Å². The fourth-order valence-electron chi connectivity index (χ4n) is 1.59. The lowest BCUT2D eigenvalue weighted by molar-refractivity contribution is -0.116. The Morgan fingerprint density at radius 3 is 2.78 bits per heavy atom. The number of nitrogens with two attached hydrogens (primary N) is 1. The Morgan fingerprint density at radius 1 is 1.33 bits per heavy atom. The van der Waals surface area contributed by atoms with Crippen LogP contribution < -0.4 is 16.4 Å². The fourth-order valence-corrected chi connectivity index (χ4v) is 1.59. The molecule has 18 heavy (non-hydrogen) atoms. The standard InChI is InChI=1S/C13H17N3O2/c14-7-6-12(17)15-11-3-1-2-9(8-11)13(18)16-10-4-5-10/h1-3,8,10H,4-7,14H2,(H,15,17)(H,16,18). The third-order valence-corrected chi connectivity index (χ3v) is 2.69. The van der Waals surface area contributed by atoms with Gasteiger partial charge in [-0.2, -0.15) is 0 Å². The first-order valence-corrected chi connectivity index (χ1v) is 6.10. The molecule has 0 radical (unpaired) electrons. The third kappa shape index (κ3) is 3.56. The Balaban J connectivity index is 1.99. The van der Waals surface area contributed by atoms with Crippen LogP contribution in [0.4, 0.5) is 5.69 Å². The molecule has 0 heterocycles. The minimum Gasteiger partial charge on any atom is -0.349 e. The topological polar surface area (TPSA) is 84.2 Å². The van der Waals surface area contributed by atoms with Crippen molar-refractivity contribution in [2.75, 3.05) is 11.9 Å². The summed E-state index contributed by atoms with van der Waals surface area (Å²) in [6.07, 6.45) is 2.38. The van der Waals surface area contributed by atoms with E-state index >= 15 is 0 Å². The zero-order valence-corrected chi connectivity index (χ0v) is 10.1. The number of carbonyl (C=O) groups is 2. The summed E-state index contributed by atoms with van der Waals surface area (Å²) < 4.78 is 0. The van der Waals surface area contributed by atoms with Crippen LogP contribution in [0.3, 0.4) is 0 Å². The van der Waals surface area contributed by atoms with Crippen LogP contribution in [0.5, 0.6) is 0 Å². The first-order valence-electron chi connectivity index (χ1n) is 6.10. The second kappa shape index (κ2) is 5.64. The zero-order chi connectivity index (χ0) is 13.0. The molecule has 2 amide bonds. The van der Waals surface area contributed by atoms with Gasteiger partial charge in [0, 0.05) is 30.3 Å². The van der Waals surface area contributed by atoms with Gasteiger partial charge in [0.05, 0.1) is 0 Å². The number of anilines is 1. The van der Waals surface area contributed by atoms with E-state index < -0.39 is 0 Å². The van der Waals surface area contributed by atoms with Crippen LogP contribution in [0, 0.1) is 0 Å². The highest BCUT2D eigenvalue weighted by Crippen LogP contribution is 2.20. The highest BCUT2D eigenvalue weighted by molar-refractivity contribution is 5.97. The van der Waals surface area contributed by atoms with E-state index in [4.69, 9.17) is 5.73 Å². The summed E-state index contributed by atoms with van der Waals surface area (Å²) >= 11 is 0. The van der Waals surface area contributed by atoms with E-state index in [0.717, 1.165) is 12.8 Å². The maximum Gasteiger partial charge on any atom is 0.251 e. The molecule has 5 heteroatoms. The van der Waals surface area contributed by atoms with Crippen LogP contribution in [0.15, 0.2) is 24.3 Å². The lowest BCUT2D eigenvalue weighted by atomic mass is 10.2. The number of amides is 2.